The van der Waals surface area contributed by atoms with E-state index in [4.69, 9.17) is 4.42 Å². The summed E-state index contributed by atoms with van der Waals surface area (Å²) in [5.74, 6) is 1.22. The first-order valence-corrected chi connectivity index (χ1v) is 12.9. The van der Waals surface area contributed by atoms with Crippen molar-refractivity contribution in [3.05, 3.63) is 58.5 Å². The van der Waals surface area contributed by atoms with Crippen LogP contribution >= 0.6 is 27.7 Å². The van der Waals surface area contributed by atoms with Crippen molar-refractivity contribution in [1.29, 1.82) is 0 Å². The zero-order valence-corrected chi connectivity index (χ0v) is 20.2. The number of nitrogens with zero attached hydrogens (tertiary/aromatic N) is 1. The molecule has 0 aliphatic carbocycles. The maximum absolute atomic E-state index is 13.1. The van der Waals surface area contributed by atoms with Crippen LogP contribution in [-0.4, -0.2) is 54.4 Å². The molecular formula is C23H30BrN3O3S. The monoisotopic (exact) mass is 507 g/mol. The predicted molar refractivity (Wildman–Crippen MR) is 128 cm³/mol. The summed E-state index contributed by atoms with van der Waals surface area (Å²) in [6.07, 6.45) is 7.79. The molecule has 1 aromatic carbocycles. The molecule has 1 fully saturated rings. The lowest BCUT2D eigenvalue weighted by molar-refractivity contribution is -0.123. The average Bonchev–Trinajstić information content (AvgIpc) is 3.32. The topological polar surface area (TPSA) is 74.6 Å². The van der Waals surface area contributed by atoms with Crippen LogP contribution in [0.5, 0.6) is 0 Å². The molecule has 2 N–H and O–H groups in total. The van der Waals surface area contributed by atoms with Gasteiger partial charge in [0.1, 0.15) is 11.8 Å². The Hall–Kier alpha value is -1.77. The lowest BCUT2D eigenvalue weighted by Gasteiger charge is -2.33. The molecule has 168 valence electrons. The summed E-state index contributed by atoms with van der Waals surface area (Å²) < 4.78 is 6.38. The van der Waals surface area contributed by atoms with Gasteiger partial charge in [-0.15, -0.1) is 0 Å². The van der Waals surface area contributed by atoms with E-state index in [-0.39, 0.29) is 17.9 Å². The quantitative estimate of drug-likeness (QED) is 0.503. The number of piperidine rings is 1. The van der Waals surface area contributed by atoms with Gasteiger partial charge in [0.25, 0.3) is 5.91 Å². The number of thioether (sulfide) groups is 1. The zero-order chi connectivity index (χ0) is 22.1. The Labute approximate surface area is 196 Å². The molecule has 1 aliphatic heterocycles. The van der Waals surface area contributed by atoms with E-state index in [9.17, 15) is 9.59 Å². The molecule has 2 heterocycles. The highest BCUT2D eigenvalue weighted by Crippen LogP contribution is 2.24. The fourth-order valence-corrected chi connectivity index (χ4v) is 4.76. The van der Waals surface area contributed by atoms with E-state index in [0.29, 0.717) is 23.0 Å². The molecule has 0 radical (unpaired) electrons. The molecule has 1 aromatic heterocycles. The Bertz CT molecular complexity index is 840. The average molecular weight is 508 g/mol. The number of likely N-dealkylation sites (tertiary alicyclic amines) is 1. The second-order valence-electron chi connectivity index (χ2n) is 7.66. The predicted octanol–water partition coefficient (Wildman–Crippen LogP) is 4.24. The van der Waals surface area contributed by atoms with Gasteiger partial charge in [0.15, 0.2) is 0 Å². The van der Waals surface area contributed by atoms with E-state index in [2.05, 4.69) is 31.5 Å². The number of nitrogens with one attached hydrogen (secondary N) is 2. The number of hydrogen-bond acceptors (Lipinski definition) is 5. The van der Waals surface area contributed by atoms with E-state index in [1.54, 1.807) is 24.1 Å². The first kappa shape index (κ1) is 23.9. The SMILES string of the molecule is CSCC[C@@H](NC(=O)c1ccccc1Br)C(=O)NC[C@H](c1ccco1)N1CCCCC1. The first-order chi connectivity index (χ1) is 15.1. The van der Waals surface area contributed by atoms with Crippen molar-refractivity contribution in [3.63, 3.8) is 0 Å². The van der Waals surface area contributed by atoms with Gasteiger partial charge >= 0.3 is 0 Å². The van der Waals surface area contributed by atoms with Crippen LogP contribution in [0.2, 0.25) is 0 Å². The van der Waals surface area contributed by atoms with Gasteiger partial charge in [0.2, 0.25) is 5.91 Å². The largest absolute Gasteiger partial charge is 0.468 e. The zero-order valence-electron chi connectivity index (χ0n) is 17.8. The maximum Gasteiger partial charge on any atom is 0.253 e. The molecule has 2 aromatic rings. The molecule has 6 nitrogen and oxygen atoms in total. The van der Waals surface area contributed by atoms with Crippen LogP contribution in [0.3, 0.4) is 0 Å². The van der Waals surface area contributed by atoms with Crippen molar-refractivity contribution in [2.75, 3.05) is 31.6 Å². The number of hydrogen-bond donors (Lipinski definition) is 2. The van der Waals surface area contributed by atoms with Crippen LogP contribution < -0.4 is 10.6 Å². The Balaban J connectivity index is 1.66. The second kappa shape index (κ2) is 12.3. The minimum absolute atomic E-state index is 0.000538. The third-order valence-electron chi connectivity index (χ3n) is 5.52. The molecule has 3 rings (SSSR count). The van der Waals surface area contributed by atoms with Gasteiger partial charge in [0.05, 0.1) is 17.9 Å². The molecule has 2 amide bonds. The summed E-state index contributed by atoms with van der Waals surface area (Å²) in [7, 11) is 0. The van der Waals surface area contributed by atoms with Crippen molar-refractivity contribution in [3.8, 4) is 0 Å². The lowest BCUT2D eigenvalue weighted by Crippen LogP contribution is -2.49. The lowest BCUT2D eigenvalue weighted by atomic mass is 10.1. The Kier molecular flexibility index (Phi) is 9.49. The molecule has 0 unspecified atom stereocenters. The minimum Gasteiger partial charge on any atom is -0.468 e. The van der Waals surface area contributed by atoms with Crippen LogP contribution in [0.15, 0.2) is 51.6 Å². The summed E-state index contributed by atoms with van der Waals surface area (Å²) >= 11 is 5.07. The molecular weight excluding hydrogens is 478 g/mol. The van der Waals surface area contributed by atoms with Gasteiger partial charge in [-0.3, -0.25) is 14.5 Å². The Morgan fingerprint density at radius 2 is 1.94 bits per heavy atom. The standard InChI is InChI=1S/C23H30BrN3O3S/c1-31-15-11-19(26-22(28)17-8-3-4-9-18(17)24)23(29)25-16-20(21-10-7-14-30-21)27-12-5-2-6-13-27/h3-4,7-10,14,19-20H,2,5-6,11-13,15-16H2,1H3,(H,25,29)(H,26,28)/t19-,20-/m1/s1. The fourth-order valence-electron chi connectivity index (χ4n) is 3.83. The third kappa shape index (κ3) is 6.85. The second-order valence-corrected chi connectivity index (χ2v) is 9.50. The van der Waals surface area contributed by atoms with Gasteiger partial charge in [-0.05, 0) is 84.6 Å². The molecule has 0 saturated carbocycles. The number of halogens is 1. The number of carbonyl (C=O) groups excluding carboxylic acids is 2. The summed E-state index contributed by atoms with van der Waals surface area (Å²) in [6.45, 7) is 2.44. The van der Waals surface area contributed by atoms with Gasteiger partial charge < -0.3 is 15.1 Å². The van der Waals surface area contributed by atoms with Crippen LogP contribution in [0.1, 0.15) is 47.8 Å². The molecule has 1 saturated heterocycles. The van der Waals surface area contributed by atoms with Crippen molar-refractivity contribution < 1.29 is 14.0 Å². The molecule has 1 aliphatic rings. The number of amides is 2. The summed E-state index contributed by atoms with van der Waals surface area (Å²) in [5.41, 5.74) is 0.520. The van der Waals surface area contributed by atoms with E-state index in [1.165, 1.54) is 6.42 Å². The molecule has 2 atom stereocenters. The first-order valence-electron chi connectivity index (χ1n) is 10.7. The van der Waals surface area contributed by atoms with Crippen molar-refractivity contribution in [2.45, 2.75) is 37.8 Å². The number of rotatable bonds is 10. The van der Waals surface area contributed by atoms with Crippen molar-refractivity contribution in [2.24, 2.45) is 0 Å². The van der Waals surface area contributed by atoms with Crippen LogP contribution in [-0.2, 0) is 4.79 Å². The molecule has 0 bridgehead atoms. The molecule has 8 heteroatoms. The summed E-state index contributed by atoms with van der Waals surface area (Å²) in [5, 5.41) is 5.99. The number of benzene rings is 1. The normalized spacial score (nSPS) is 16.5. The van der Waals surface area contributed by atoms with Crippen LogP contribution in [0.25, 0.3) is 0 Å². The highest BCUT2D eigenvalue weighted by Gasteiger charge is 2.27. The van der Waals surface area contributed by atoms with Gasteiger partial charge in [0, 0.05) is 11.0 Å². The minimum atomic E-state index is -0.592. The fraction of sp³-hybridized carbons (Fsp3) is 0.478. The maximum atomic E-state index is 13.1. The van der Waals surface area contributed by atoms with E-state index >= 15 is 0 Å². The van der Waals surface area contributed by atoms with Gasteiger partial charge in [-0.1, -0.05) is 18.6 Å². The van der Waals surface area contributed by atoms with E-state index in [0.717, 1.165) is 37.4 Å². The van der Waals surface area contributed by atoms with Gasteiger partial charge in [-0.25, -0.2) is 0 Å². The molecule has 0 spiro atoms. The van der Waals surface area contributed by atoms with E-state index in [1.807, 2.05) is 36.6 Å². The van der Waals surface area contributed by atoms with Crippen LogP contribution in [0.4, 0.5) is 0 Å². The highest BCUT2D eigenvalue weighted by atomic mass is 79.9. The Morgan fingerprint density at radius 1 is 1.16 bits per heavy atom. The molecule has 31 heavy (non-hydrogen) atoms. The van der Waals surface area contributed by atoms with Crippen molar-refractivity contribution >= 4 is 39.5 Å². The number of furan rings is 1. The summed E-state index contributed by atoms with van der Waals surface area (Å²) in [4.78, 5) is 28.2. The smallest absolute Gasteiger partial charge is 0.253 e. The van der Waals surface area contributed by atoms with Gasteiger partial charge in [-0.2, -0.15) is 11.8 Å². The van der Waals surface area contributed by atoms with E-state index < -0.39 is 6.04 Å². The van der Waals surface area contributed by atoms with Crippen LogP contribution in [0, 0.1) is 0 Å². The van der Waals surface area contributed by atoms with Crippen molar-refractivity contribution in [1.82, 2.24) is 15.5 Å². The third-order valence-corrected chi connectivity index (χ3v) is 6.86. The summed E-state index contributed by atoms with van der Waals surface area (Å²) in [6, 6.07) is 10.5. The Morgan fingerprint density at radius 3 is 2.61 bits per heavy atom. The highest BCUT2D eigenvalue weighted by molar-refractivity contribution is 9.10. The number of carbonyl (C=O) groups is 2.